The van der Waals surface area contributed by atoms with E-state index < -0.39 is 11.6 Å². The number of hydrogen-bond acceptors (Lipinski definition) is 12. The van der Waals surface area contributed by atoms with Gasteiger partial charge in [-0.3, -0.25) is 20.2 Å². The number of thiazole rings is 1. The number of benzene rings is 1. The molecule has 4 aromatic rings. The minimum Gasteiger partial charge on any atom is -0.492 e. The first-order valence-corrected chi connectivity index (χ1v) is 12.2. The monoisotopic (exact) mass is 528 g/mol. The van der Waals surface area contributed by atoms with Crippen LogP contribution in [0.5, 0.6) is 5.75 Å². The maximum atomic E-state index is 13.0. The van der Waals surface area contributed by atoms with E-state index in [1.165, 1.54) is 16.0 Å². The van der Waals surface area contributed by atoms with Crippen molar-refractivity contribution in [2.75, 3.05) is 49.5 Å². The van der Waals surface area contributed by atoms with Gasteiger partial charge in [0.05, 0.1) is 29.6 Å². The van der Waals surface area contributed by atoms with Crippen molar-refractivity contribution in [1.82, 2.24) is 29.8 Å². The zero-order valence-electron chi connectivity index (χ0n) is 19.4. The number of nitrogens with zero attached hydrogens (tertiary/aromatic N) is 6. The van der Waals surface area contributed by atoms with Crippen LogP contribution in [0.3, 0.4) is 0 Å². The molecule has 0 spiro atoms. The first-order valence-electron chi connectivity index (χ1n) is 11.3. The van der Waals surface area contributed by atoms with Crippen LogP contribution in [-0.2, 0) is 0 Å². The van der Waals surface area contributed by atoms with E-state index >= 15 is 0 Å². The first-order chi connectivity index (χ1) is 17.9. The lowest BCUT2D eigenvalue weighted by Crippen LogP contribution is -2.43. The second kappa shape index (κ2) is 10.5. The van der Waals surface area contributed by atoms with Gasteiger partial charge in [0, 0.05) is 43.8 Å². The number of aromatic nitrogens is 4. The summed E-state index contributed by atoms with van der Waals surface area (Å²) >= 11 is 1.08. The molecule has 14 nitrogen and oxygen atoms in total. The fraction of sp³-hybridized carbons (Fsp3) is 0.273. The molecule has 194 valence electrons. The van der Waals surface area contributed by atoms with Gasteiger partial charge in [0.1, 0.15) is 23.6 Å². The summed E-state index contributed by atoms with van der Waals surface area (Å²) < 4.78 is 7.06. The van der Waals surface area contributed by atoms with Crippen LogP contribution in [0.2, 0.25) is 0 Å². The van der Waals surface area contributed by atoms with Crippen LogP contribution in [-0.4, -0.2) is 85.4 Å². The Hall–Kier alpha value is -4.02. The number of nitrogens with one attached hydrogen (secondary N) is 2. The van der Waals surface area contributed by atoms with Crippen molar-refractivity contribution in [3.8, 4) is 10.9 Å². The van der Waals surface area contributed by atoms with Gasteiger partial charge in [0.15, 0.2) is 5.13 Å². The number of carbonyl (C=O) groups is 1. The van der Waals surface area contributed by atoms with Gasteiger partial charge in [-0.2, -0.15) is 0 Å². The van der Waals surface area contributed by atoms with Crippen LogP contribution in [0.25, 0.3) is 16.2 Å². The number of rotatable bonds is 8. The number of hydrogen-bond donors (Lipinski definition) is 5. The van der Waals surface area contributed by atoms with E-state index in [0.717, 1.165) is 43.2 Å². The van der Waals surface area contributed by atoms with Crippen molar-refractivity contribution in [2.45, 2.75) is 0 Å². The Morgan fingerprint density at radius 1 is 1.22 bits per heavy atom. The van der Waals surface area contributed by atoms with Crippen LogP contribution in [0, 0.1) is 0 Å². The van der Waals surface area contributed by atoms with E-state index in [-0.39, 0.29) is 34.7 Å². The molecule has 1 saturated heterocycles. The Kier molecular flexibility index (Phi) is 7.02. The zero-order chi connectivity index (χ0) is 25.9. The number of pyridine rings is 1. The molecule has 3 aromatic heterocycles. The predicted molar refractivity (Wildman–Crippen MR) is 133 cm³/mol. The maximum absolute atomic E-state index is 13.0. The molecule has 1 fully saturated rings. The summed E-state index contributed by atoms with van der Waals surface area (Å²) in [6.45, 7) is 3.09. The van der Waals surface area contributed by atoms with Crippen LogP contribution in [0.1, 0.15) is 10.5 Å². The smallest absolute Gasteiger partial charge is 0.368 e. The average molecular weight is 529 g/mol. The van der Waals surface area contributed by atoms with Crippen molar-refractivity contribution in [3.05, 3.63) is 58.2 Å². The lowest BCUT2D eigenvalue weighted by atomic mass is 10.2. The van der Waals surface area contributed by atoms with Gasteiger partial charge < -0.3 is 25.5 Å². The molecule has 4 heterocycles. The fourth-order valence-electron chi connectivity index (χ4n) is 4.01. The van der Waals surface area contributed by atoms with Crippen molar-refractivity contribution >= 4 is 39.7 Å². The molecule has 1 aromatic carbocycles. The molecule has 0 radical (unpaired) electrons. The van der Waals surface area contributed by atoms with Crippen molar-refractivity contribution < 1.29 is 25.2 Å². The molecular formula is C22H24N8O6S. The number of anilines is 2. The van der Waals surface area contributed by atoms with E-state index in [0.29, 0.717) is 21.7 Å². The van der Waals surface area contributed by atoms with E-state index in [4.69, 9.17) is 15.2 Å². The molecule has 0 atom stereocenters. The van der Waals surface area contributed by atoms with Gasteiger partial charge in [-0.15, -0.1) is 16.1 Å². The van der Waals surface area contributed by atoms with Crippen molar-refractivity contribution in [2.24, 2.45) is 0 Å². The van der Waals surface area contributed by atoms with Crippen molar-refractivity contribution in [1.29, 1.82) is 0 Å². The molecule has 15 heteroatoms. The number of amides is 1. The minimum absolute atomic E-state index is 0.00652. The molecule has 1 amide bonds. The van der Waals surface area contributed by atoms with Gasteiger partial charge in [-0.25, -0.2) is 14.3 Å². The largest absolute Gasteiger partial charge is 0.492 e. The second-order valence-electron chi connectivity index (χ2n) is 8.12. The van der Waals surface area contributed by atoms with Gasteiger partial charge in [-0.05, 0) is 18.2 Å². The third-order valence-corrected chi connectivity index (χ3v) is 6.59. The van der Waals surface area contributed by atoms with Crippen molar-refractivity contribution in [3.63, 3.8) is 0 Å². The molecule has 1 aliphatic heterocycles. The Morgan fingerprint density at radius 3 is 2.81 bits per heavy atom. The Balaban J connectivity index is 1.38. The zero-order valence-corrected chi connectivity index (χ0v) is 20.3. The van der Waals surface area contributed by atoms with Gasteiger partial charge in [0.25, 0.3) is 5.91 Å². The molecule has 5 rings (SSSR count). The highest BCUT2D eigenvalue weighted by Gasteiger charge is 2.21. The van der Waals surface area contributed by atoms with Crippen LogP contribution < -0.4 is 26.0 Å². The lowest BCUT2D eigenvalue weighted by Gasteiger charge is -2.30. The van der Waals surface area contributed by atoms with Crippen LogP contribution in [0.4, 0.5) is 11.4 Å². The van der Waals surface area contributed by atoms with E-state index in [1.807, 2.05) is 6.07 Å². The quantitative estimate of drug-likeness (QED) is 0.163. The summed E-state index contributed by atoms with van der Waals surface area (Å²) in [4.78, 5) is 36.5. The van der Waals surface area contributed by atoms with Gasteiger partial charge in [0.2, 0.25) is 0 Å². The normalized spacial score (nSPS) is 13.9. The molecule has 0 bridgehead atoms. The van der Waals surface area contributed by atoms with Crippen LogP contribution in [0.15, 0.2) is 46.8 Å². The fourth-order valence-corrected chi connectivity index (χ4v) is 4.81. The molecule has 5 N–H and O–H groups in total. The number of fused-ring (bicyclic) bond motifs is 1. The predicted octanol–water partition coefficient (Wildman–Crippen LogP) is 1.00. The SMILES string of the molecule is O=C(Nc1cnccc1N1CCNCC1)c1csc(-n2c(=O)n(O)c3cc(OCCN(O)O)ccc32)n1. The average Bonchev–Trinajstić information content (AvgIpc) is 3.48. The summed E-state index contributed by atoms with van der Waals surface area (Å²) in [5.74, 6) is -0.143. The summed E-state index contributed by atoms with van der Waals surface area (Å²) in [6, 6.07) is 6.42. The second-order valence-corrected chi connectivity index (χ2v) is 8.96. The highest BCUT2D eigenvalue weighted by Crippen LogP contribution is 2.27. The van der Waals surface area contributed by atoms with Gasteiger partial charge in [-0.1, -0.05) is 5.23 Å². The van der Waals surface area contributed by atoms with Crippen LogP contribution >= 0.6 is 11.3 Å². The number of ether oxygens (including phenoxy) is 1. The maximum Gasteiger partial charge on any atom is 0.368 e. The lowest BCUT2D eigenvalue weighted by molar-refractivity contribution is -0.308. The highest BCUT2D eigenvalue weighted by atomic mass is 32.1. The van der Waals surface area contributed by atoms with Gasteiger partial charge >= 0.3 is 5.69 Å². The Bertz CT molecular complexity index is 1480. The third kappa shape index (κ3) is 5.11. The number of carbonyl (C=O) groups excluding carboxylic acids is 1. The third-order valence-electron chi connectivity index (χ3n) is 5.77. The summed E-state index contributed by atoms with van der Waals surface area (Å²) in [7, 11) is 0. The number of imidazole rings is 1. The topological polar surface area (TPSA) is 170 Å². The molecule has 37 heavy (non-hydrogen) atoms. The first kappa shape index (κ1) is 24.7. The minimum atomic E-state index is -0.765. The highest BCUT2D eigenvalue weighted by molar-refractivity contribution is 7.12. The molecule has 0 saturated carbocycles. The number of piperazine rings is 1. The molecule has 0 unspecified atom stereocenters. The Labute approximate surface area is 213 Å². The van der Waals surface area contributed by atoms with E-state index in [2.05, 4.69) is 25.5 Å². The Morgan fingerprint density at radius 2 is 2.03 bits per heavy atom. The molecule has 0 aliphatic carbocycles. The van der Waals surface area contributed by atoms with E-state index in [1.54, 1.807) is 24.5 Å². The molecular weight excluding hydrogens is 504 g/mol. The standard InChI is InChI=1S/C22H24N8O6S/c31-20(25-15-12-24-4-3-17(15)27-7-5-23-6-8-27)16-13-37-21(26-16)29-18-2-1-14(36-10-9-28(33)34)11-19(18)30(35)22(29)32/h1-4,11-13,23,33-35H,5-10H2,(H,25,31). The molecule has 1 aliphatic rings. The summed E-state index contributed by atoms with van der Waals surface area (Å²) in [6.07, 6.45) is 3.26. The number of hydroxylamine groups is 2. The van der Waals surface area contributed by atoms with E-state index in [9.17, 15) is 14.8 Å². The summed E-state index contributed by atoms with van der Waals surface area (Å²) in [5.41, 5.74) is 1.27. The summed E-state index contributed by atoms with van der Waals surface area (Å²) in [5, 5.41) is 35.8.